The highest BCUT2D eigenvalue weighted by Gasteiger charge is 2.21. The van der Waals surface area contributed by atoms with Gasteiger partial charge in [-0.1, -0.05) is 0 Å². The van der Waals surface area contributed by atoms with Gasteiger partial charge in [-0.15, -0.1) is 0 Å². The lowest BCUT2D eigenvalue weighted by molar-refractivity contribution is 0.0909. The first-order chi connectivity index (χ1) is 10.1. The number of nitrogens with zero attached hydrogens (tertiary/aromatic N) is 2. The summed E-state index contributed by atoms with van der Waals surface area (Å²) in [5.74, 6) is -0.290. The smallest absolute Gasteiger partial charge is 0.139 e. The number of benzene rings is 1. The van der Waals surface area contributed by atoms with E-state index in [9.17, 15) is 9.50 Å². The molecule has 4 nitrogen and oxygen atoms in total. The van der Waals surface area contributed by atoms with Gasteiger partial charge in [0.15, 0.2) is 0 Å². The maximum Gasteiger partial charge on any atom is 0.139 e. The SMILES string of the molecule is O[C@H]1CCCN[C@@H]1CCCn1cnc2cc(F)c(Br)cc21. The zero-order valence-corrected chi connectivity index (χ0v) is 13.3. The van der Waals surface area contributed by atoms with Crippen LogP contribution in [0.15, 0.2) is 22.9 Å². The first-order valence-corrected chi connectivity index (χ1v) is 8.16. The Morgan fingerprint density at radius 2 is 2.33 bits per heavy atom. The first kappa shape index (κ1) is 14.9. The highest BCUT2D eigenvalue weighted by atomic mass is 79.9. The molecule has 0 unspecified atom stereocenters. The van der Waals surface area contributed by atoms with Crippen LogP contribution in [0.3, 0.4) is 0 Å². The van der Waals surface area contributed by atoms with E-state index in [1.54, 1.807) is 12.4 Å². The normalized spacial score (nSPS) is 22.8. The maximum absolute atomic E-state index is 13.5. The lowest BCUT2D eigenvalue weighted by Crippen LogP contribution is -2.44. The van der Waals surface area contributed by atoms with Crippen LogP contribution in [0, 0.1) is 5.82 Å². The average molecular weight is 356 g/mol. The molecule has 0 spiro atoms. The molecule has 0 saturated carbocycles. The van der Waals surface area contributed by atoms with E-state index in [1.807, 2.05) is 4.57 Å². The van der Waals surface area contributed by atoms with E-state index in [-0.39, 0.29) is 18.0 Å². The Hall–Kier alpha value is -0.980. The number of fused-ring (bicyclic) bond motifs is 1. The van der Waals surface area contributed by atoms with E-state index >= 15 is 0 Å². The topological polar surface area (TPSA) is 50.1 Å². The van der Waals surface area contributed by atoms with Crippen LogP contribution in [0.25, 0.3) is 11.0 Å². The van der Waals surface area contributed by atoms with E-state index in [2.05, 4.69) is 26.2 Å². The second-order valence-corrected chi connectivity index (χ2v) is 6.46. The second-order valence-electron chi connectivity index (χ2n) is 5.61. The lowest BCUT2D eigenvalue weighted by atomic mass is 9.97. The first-order valence-electron chi connectivity index (χ1n) is 7.36. The van der Waals surface area contributed by atoms with Crippen LogP contribution in [0.4, 0.5) is 4.39 Å². The van der Waals surface area contributed by atoms with Gasteiger partial charge in [-0.25, -0.2) is 9.37 Å². The van der Waals surface area contributed by atoms with Gasteiger partial charge in [0.25, 0.3) is 0 Å². The summed E-state index contributed by atoms with van der Waals surface area (Å²) >= 11 is 3.21. The molecule has 6 heteroatoms. The minimum Gasteiger partial charge on any atom is -0.392 e. The molecule has 2 atom stereocenters. The molecular formula is C15H19BrFN3O. The average Bonchev–Trinajstić information content (AvgIpc) is 2.84. The standard InChI is InChI=1S/C15H19BrFN3O/c16-10-7-14-13(8-11(10)17)19-9-20(14)6-2-3-12-15(21)4-1-5-18-12/h7-9,12,15,18,21H,1-6H2/t12-,15+/m1/s1. The van der Waals surface area contributed by atoms with Crippen molar-refractivity contribution in [2.24, 2.45) is 0 Å². The van der Waals surface area contributed by atoms with Crippen molar-refractivity contribution in [3.8, 4) is 0 Å². The molecule has 1 saturated heterocycles. The van der Waals surface area contributed by atoms with Crippen molar-refractivity contribution in [3.05, 3.63) is 28.7 Å². The van der Waals surface area contributed by atoms with E-state index in [0.717, 1.165) is 44.3 Å². The van der Waals surface area contributed by atoms with Crippen LogP contribution in [0.2, 0.25) is 0 Å². The number of aliphatic hydroxyl groups is 1. The third-order valence-corrected chi connectivity index (χ3v) is 4.73. The number of aryl methyl sites for hydroxylation is 1. The Morgan fingerprint density at radius 3 is 3.14 bits per heavy atom. The fourth-order valence-electron chi connectivity index (χ4n) is 2.94. The maximum atomic E-state index is 13.5. The van der Waals surface area contributed by atoms with Crippen molar-refractivity contribution in [2.75, 3.05) is 6.54 Å². The number of hydrogen-bond donors (Lipinski definition) is 2. The van der Waals surface area contributed by atoms with Gasteiger partial charge in [-0.05, 0) is 54.2 Å². The quantitative estimate of drug-likeness (QED) is 0.886. The van der Waals surface area contributed by atoms with Gasteiger partial charge in [-0.3, -0.25) is 0 Å². The lowest BCUT2D eigenvalue weighted by Gasteiger charge is -2.29. The van der Waals surface area contributed by atoms with Gasteiger partial charge < -0.3 is 15.0 Å². The summed E-state index contributed by atoms with van der Waals surface area (Å²) in [5, 5.41) is 13.3. The molecule has 0 amide bonds. The second kappa shape index (κ2) is 6.42. The molecular weight excluding hydrogens is 337 g/mol. The van der Waals surface area contributed by atoms with Gasteiger partial charge in [0.05, 0.1) is 27.9 Å². The molecule has 3 rings (SSSR count). The number of aromatic nitrogens is 2. The van der Waals surface area contributed by atoms with Crippen LogP contribution in [-0.2, 0) is 6.54 Å². The summed E-state index contributed by atoms with van der Waals surface area (Å²) in [6.45, 7) is 1.81. The van der Waals surface area contributed by atoms with Crippen LogP contribution in [-0.4, -0.2) is 33.3 Å². The van der Waals surface area contributed by atoms with Crippen molar-refractivity contribution in [1.29, 1.82) is 0 Å². The zero-order chi connectivity index (χ0) is 14.8. The molecule has 2 aromatic rings. The summed E-state index contributed by atoms with van der Waals surface area (Å²) in [4.78, 5) is 4.24. The van der Waals surface area contributed by atoms with Crippen molar-refractivity contribution in [3.63, 3.8) is 0 Å². The molecule has 1 aromatic carbocycles. The monoisotopic (exact) mass is 355 g/mol. The molecule has 1 fully saturated rings. The van der Waals surface area contributed by atoms with E-state index < -0.39 is 0 Å². The van der Waals surface area contributed by atoms with Gasteiger partial charge in [0.1, 0.15) is 5.82 Å². The molecule has 21 heavy (non-hydrogen) atoms. The summed E-state index contributed by atoms with van der Waals surface area (Å²) in [7, 11) is 0. The number of piperidine rings is 1. The fourth-order valence-corrected chi connectivity index (χ4v) is 3.27. The molecule has 0 radical (unpaired) electrons. The Morgan fingerprint density at radius 1 is 1.48 bits per heavy atom. The molecule has 1 aromatic heterocycles. The van der Waals surface area contributed by atoms with Gasteiger partial charge in [-0.2, -0.15) is 0 Å². The van der Waals surface area contributed by atoms with Crippen LogP contribution in [0.5, 0.6) is 0 Å². The summed E-state index contributed by atoms with van der Waals surface area (Å²) < 4.78 is 16.0. The van der Waals surface area contributed by atoms with E-state index in [1.165, 1.54) is 6.07 Å². The van der Waals surface area contributed by atoms with Crippen molar-refractivity contribution in [1.82, 2.24) is 14.9 Å². The number of hydrogen-bond acceptors (Lipinski definition) is 3. The molecule has 0 bridgehead atoms. The molecule has 0 aliphatic carbocycles. The number of imidazole rings is 1. The third kappa shape index (κ3) is 3.27. The largest absolute Gasteiger partial charge is 0.392 e. The summed E-state index contributed by atoms with van der Waals surface area (Å²) in [5.41, 5.74) is 1.60. The van der Waals surface area contributed by atoms with Crippen molar-refractivity contribution in [2.45, 2.75) is 44.4 Å². The van der Waals surface area contributed by atoms with Gasteiger partial charge in [0.2, 0.25) is 0 Å². The minimum absolute atomic E-state index is 0.192. The predicted molar refractivity (Wildman–Crippen MR) is 83.7 cm³/mol. The van der Waals surface area contributed by atoms with E-state index in [4.69, 9.17) is 0 Å². The Labute approximate surface area is 131 Å². The van der Waals surface area contributed by atoms with Gasteiger partial charge >= 0.3 is 0 Å². The Kier molecular flexibility index (Phi) is 4.57. The third-order valence-electron chi connectivity index (χ3n) is 4.12. The van der Waals surface area contributed by atoms with Crippen LogP contribution < -0.4 is 5.32 Å². The van der Waals surface area contributed by atoms with Crippen LogP contribution >= 0.6 is 15.9 Å². The zero-order valence-electron chi connectivity index (χ0n) is 11.7. The predicted octanol–water partition coefficient (Wildman–Crippen LogP) is 2.83. The number of aliphatic hydroxyl groups excluding tert-OH is 1. The molecule has 114 valence electrons. The molecule has 1 aliphatic rings. The van der Waals surface area contributed by atoms with Gasteiger partial charge in [0, 0.05) is 18.7 Å². The minimum atomic E-state index is -0.290. The molecule has 1 aliphatic heterocycles. The number of nitrogens with one attached hydrogen (secondary N) is 1. The van der Waals surface area contributed by atoms with Crippen molar-refractivity contribution < 1.29 is 9.50 Å². The molecule has 2 heterocycles. The summed E-state index contributed by atoms with van der Waals surface area (Å²) in [6.07, 6.45) is 5.34. The summed E-state index contributed by atoms with van der Waals surface area (Å²) in [6, 6.07) is 3.41. The van der Waals surface area contributed by atoms with E-state index in [0.29, 0.717) is 9.99 Å². The fraction of sp³-hybridized carbons (Fsp3) is 0.533. The number of rotatable bonds is 4. The highest BCUT2D eigenvalue weighted by molar-refractivity contribution is 9.10. The highest BCUT2D eigenvalue weighted by Crippen LogP contribution is 2.23. The Bertz CT molecular complexity index is 631. The van der Waals surface area contributed by atoms with Crippen molar-refractivity contribution >= 4 is 27.0 Å². The number of halogens is 2. The Balaban J connectivity index is 1.64. The molecule has 2 N–H and O–H groups in total. The van der Waals surface area contributed by atoms with Crippen LogP contribution in [0.1, 0.15) is 25.7 Å².